The van der Waals surface area contributed by atoms with Gasteiger partial charge in [0.1, 0.15) is 0 Å². The summed E-state index contributed by atoms with van der Waals surface area (Å²) in [5.41, 5.74) is 0. The number of likely N-dealkylation sites (tertiary alicyclic amines) is 1. The Hall–Kier alpha value is -0.610. The van der Waals surface area contributed by atoms with Crippen molar-refractivity contribution in [3.8, 4) is 0 Å². The molecule has 0 bridgehead atoms. The van der Waals surface area contributed by atoms with Gasteiger partial charge in [0.05, 0.1) is 13.2 Å². The zero-order chi connectivity index (χ0) is 11.1. The van der Waals surface area contributed by atoms with Crippen molar-refractivity contribution in [1.82, 2.24) is 4.90 Å². The SMILES string of the molecule is CCOC(=O)CN1CCC(COC)CC1. The third-order valence-electron chi connectivity index (χ3n) is 2.77. The Kier molecular flexibility index (Phi) is 5.65. The molecule has 1 aliphatic rings. The number of carbonyl (C=O) groups is 1. The lowest BCUT2D eigenvalue weighted by molar-refractivity contribution is -0.144. The van der Waals surface area contributed by atoms with Crippen molar-refractivity contribution in [1.29, 1.82) is 0 Å². The van der Waals surface area contributed by atoms with Gasteiger partial charge in [-0.2, -0.15) is 0 Å². The maximum absolute atomic E-state index is 11.2. The first-order chi connectivity index (χ1) is 7.26. The Morgan fingerprint density at radius 3 is 2.60 bits per heavy atom. The molecule has 1 heterocycles. The number of piperidine rings is 1. The minimum absolute atomic E-state index is 0.109. The molecule has 88 valence electrons. The van der Waals surface area contributed by atoms with Crippen LogP contribution in [0, 0.1) is 5.92 Å². The predicted octanol–water partition coefficient (Wildman–Crippen LogP) is 0.908. The van der Waals surface area contributed by atoms with Crippen LogP contribution >= 0.6 is 0 Å². The van der Waals surface area contributed by atoms with Crippen LogP contribution in [0.4, 0.5) is 0 Å². The lowest BCUT2D eigenvalue weighted by Crippen LogP contribution is -2.38. The average molecular weight is 215 g/mol. The first kappa shape index (κ1) is 12.5. The van der Waals surface area contributed by atoms with Crippen LogP contribution in [0.15, 0.2) is 0 Å². The second-order valence-corrected chi connectivity index (χ2v) is 3.98. The second kappa shape index (κ2) is 6.80. The lowest BCUT2D eigenvalue weighted by atomic mass is 9.98. The Bertz CT molecular complexity index is 188. The maximum atomic E-state index is 11.2. The summed E-state index contributed by atoms with van der Waals surface area (Å²) in [5.74, 6) is 0.552. The van der Waals surface area contributed by atoms with E-state index in [0.29, 0.717) is 19.1 Å². The Morgan fingerprint density at radius 1 is 1.40 bits per heavy atom. The molecule has 0 unspecified atom stereocenters. The van der Waals surface area contributed by atoms with Gasteiger partial charge in [-0.15, -0.1) is 0 Å². The van der Waals surface area contributed by atoms with Crippen molar-refractivity contribution in [3.05, 3.63) is 0 Å². The van der Waals surface area contributed by atoms with Crippen LogP contribution in [-0.4, -0.2) is 50.8 Å². The topological polar surface area (TPSA) is 38.8 Å². The number of ether oxygens (including phenoxy) is 2. The van der Waals surface area contributed by atoms with E-state index in [9.17, 15) is 4.79 Å². The first-order valence-corrected chi connectivity index (χ1v) is 5.63. The maximum Gasteiger partial charge on any atom is 0.320 e. The molecule has 1 saturated heterocycles. The summed E-state index contributed by atoms with van der Waals surface area (Å²) in [7, 11) is 1.74. The number of methoxy groups -OCH3 is 1. The van der Waals surface area contributed by atoms with Gasteiger partial charge in [0.15, 0.2) is 0 Å². The summed E-state index contributed by atoms with van der Waals surface area (Å²) in [6.07, 6.45) is 2.24. The van der Waals surface area contributed by atoms with Gasteiger partial charge >= 0.3 is 5.97 Å². The molecule has 1 fully saturated rings. The summed E-state index contributed by atoms with van der Waals surface area (Å²) in [6.45, 7) is 5.54. The molecular weight excluding hydrogens is 194 g/mol. The van der Waals surface area contributed by atoms with Gasteiger partial charge in [0, 0.05) is 13.7 Å². The molecule has 0 aromatic heterocycles. The van der Waals surface area contributed by atoms with E-state index in [1.807, 2.05) is 6.92 Å². The summed E-state index contributed by atoms with van der Waals surface area (Å²) in [4.78, 5) is 13.4. The summed E-state index contributed by atoms with van der Waals surface area (Å²) >= 11 is 0. The van der Waals surface area contributed by atoms with Gasteiger partial charge in [0.2, 0.25) is 0 Å². The fourth-order valence-electron chi connectivity index (χ4n) is 1.94. The standard InChI is InChI=1S/C11H21NO3/c1-3-15-11(13)8-12-6-4-10(5-7-12)9-14-2/h10H,3-9H2,1-2H3. The highest BCUT2D eigenvalue weighted by molar-refractivity contribution is 5.71. The van der Waals surface area contributed by atoms with Gasteiger partial charge in [0.25, 0.3) is 0 Å². The van der Waals surface area contributed by atoms with Crippen LogP contribution in [0.1, 0.15) is 19.8 Å². The molecule has 1 rings (SSSR count). The average Bonchev–Trinajstić information content (AvgIpc) is 2.22. The van der Waals surface area contributed by atoms with Gasteiger partial charge < -0.3 is 9.47 Å². The van der Waals surface area contributed by atoms with E-state index >= 15 is 0 Å². The van der Waals surface area contributed by atoms with Crippen molar-refractivity contribution in [2.45, 2.75) is 19.8 Å². The van der Waals surface area contributed by atoms with Crippen molar-refractivity contribution in [2.24, 2.45) is 5.92 Å². The number of hydrogen-bond donors (Lipinski definition) is 0. The third-order valence-corrected chi connectivity index (χ3v) is 2.77. The van der Waals surface area contributed by atoms with Gasteiger partial charge in [-0.25, -0.2) is 0 Å². The molecule has 1 aliphatic heterocycles. The van der Waals surface area contributed by atoms with E-state index in [0.717, 1.165) is 32.5 Å². The molecule has 4 nitrogen and oxygen atoms in total. The number of hydrogen-bond acceptors (Lipinski definition) is 4. The molecule has 0 aliphatic carbocycles. The fourth-order valence-corrected chi connectivity index (χ4v) is 1.94. The molecule has 0 N–H and O–H groups in total. The highest BCUT2D eigenvalue weighted by Crippen LogP contribution is 2.16. The van der Waals surface area contributed by atoms with Crippen LogP contribution in [0.3, 0.4) is 0 Å². The number of carbonyl (C=O) groups excluding carboxylic acids is 1. The van der Waals surface area contributed by atoms with Gasteiger partial charge in [-0.3, -0.25) is 9.69 Å². The molecule has 0 radical (unpaired) electrons. The van der Waals surface area contributed by atoms with Crippen molar-refractivity contribution >= 4 is 5.97 Å². The number of rotatable bonds is 5. The monoisotopic (exact) mass is 215 g/mol. The molecule has 0 aromatic rings. The van der Waals surface area contributed by atoms with Crippen molar-refractivity contribution in [3.63, 3.8) is 0 Å². The molecule has 0 amide bonds. The van der Waals surface area contributed by atoms with E-state index < -0.39 is 0 Å². The van der Waals surface area contributed by atoms with E-state index in [4.69, 9.17) is 9.47 Å². The van der Waals surface area contributed by atoms with Crippen LogP contribution in [0.5, 0.6) is 0 Å². The van der Waals surface area contributed by atoms with Crippen LogP contribution in [0.25, 0.3) is 0 Å². The fraction of sp³-hybridized carbons (Fsp3) is 0.909. The summed E-state index contributed by atoms with van der Waals surface area (Å²) in [6, 6.07) is 0. The molecule has 0 saturated carbocycles. The molecule has 0 spiro atoms. The molecule has 0 atom stereocenters. The first-order valence-electron chi connectivity index (χ1n) is 5.63. The minimum Gasteiger partial charge on any atom is -0.465 e. The van der Waals surface area contributed by atoms with Crippen molar-refractivity contribution in [2.75, 3.05) is 40.0 Å². The predicted molar refractivity (Wildman–Crippen MR) is 57.7 cm³/mol. The van der Waals surface area contributed by atoms with Crippen LogP contribution in [-0.2, 0) is 14.3 Å². The Balaban J connectivity index is 2.16. The van der Waals surface area contributed by atoms with Crippen molar-refractivity contribution < 1.29 is 14.3 Å². The Morgan fingerprint density at radius 2 is 2.07 bits per heavy atom. The highest BCUT2D eigenvalue weighted by atomic mass is 16.5. The summed E-state index contributed by atoms with van der Waals surface area (Å²) < 4.78 is 10.0. The van der Waals surface area contributed by atoms with E-state index in [1.54, 1.807) is 7.11 Å². The minimum atomic E-state index is -0.109. The zero-order valence-corrected chi connectivity index (χ0v) is 9.70. The van der Waals surface area contributed by atoms with Crippen LogP contribution in [0.2, 0.25) is 0 Å². The quantitative estimate of drug-likeness (QED) is 0.639. The second-order valence-electron chi connectivity index (χ2n) is 3.98. The highest BCUT2D eigenvalue weighted by Gasteiger charge is 2.20. The normalized spacial score (nSPS) is 19.1. The van der Waals surface area contributed by atoms with Crippen LogP contribution < -0.4 is 0 Å². The van der Waals surface area contributed by atoms with E-state index in [-0.39, 0.29) is 5.97 Å². The van der Waals surface area contributed by atoms with Gasteiger partial charge in [-0.05, 0) is 38.8 Å². The Labute approximate surface area is 91.5 Å². The zero-order valence-electron chi connectivity index (χ0n) is 9.70. The number of esters is 1. The van der Waals surface area contributed by atoms with E-state index in [2.05, 4.69) is 4.90 Å². The smallest absolute Gasteiger partial charge is 0.320 e. The molecule has 0 aromatic carbocycles. The molecule has 4 heteroatoms. The third kappa shape index (κ3) is 4.62. The summed E-state index contributed by atoms with van der Waals surface area (Å²) in [5, 5.41) is 0. The van der Waals surface area contributed by atoms with Gasteiger partial charge in [-0.1, -0.05) is 0 Å². The molecular formula is C11H21NO3. The molecule has 15 heavy (non-hydrogen) atoms. The largest absolute Gasteiger partial charge is 0.465 e. The lowest BCUT2D eigenvalue weighted by Gasteiger charge is -2.30. The number of nitrogens with zero attached hydrogens (tertiary/aromatic N) is 1. The van der Waals surface area contributed by atoms with E-state index in [1.165, 1.54) is 0 Å².